The van der Waals surface area contributed by atoms with Crippen molar-refractivity contribution >= 4 is 5.91 Å². The summed E-state index contributed by atoms with van der Waals surface area (Å²) in [5.74, 6) is 1.19. The first-order valence-corrected chi connectivity index (χ1v) is 9.90. The van der Waals surface area contributed by atoms with Crippen LogP contribution in [0.3, 0.4) is 0 Å². The van der Waals surface area contributed by atoms with Crippen molar-refractivity contribution in [3.63, 3.8) is 0 Å². The third-order valence-electron chi connectivity index (χ3n) is 4.75. The lowest BCUT2D eigenvalue weighted by atomic mass is 9.95. The van der Waals surface area contributed by atoms with Crippen molar-refractivity contribution in [1.82, 2.24) is 5.32 Å². The van der Waals surface area contributed by atoms with E-state index in [-0.39, 0.29) is 18.1 Å². The van der Waals surface area contributed by atoms with Gasteiger partial charge in [-0.1, -0.05) is 49.6 Å². The minimum absolute atomic E-state index is 0.00215. The van der Waals surface area contributed by atoms with Crippen LogP contribution in [0.15, 0.2) is 48.5 Å². The van der Waals surface area contributed by atoms with E-state index in [9.17, 15) is 4.79 Å². The molecule has 1 fully saturated rings. The van der Waals surface area contributed by atoms with Crippen LogP contribution < -0.4 is 14.8 Å². The van der Waals surface area contributed by atoms with Gasteiger partial charge in [-0.3, -0.25) is 4.79 Å². The van der Waals surface area contributed by atoms with Crippen LogP contribution in [0.4, 0.5) is 0 Å². The van der Waals surface area contributed by atoms with Gasteiger partial charge in [0.1, 0.15) is 18.1 Å². The van der Waals surface area contributed by atoms with Gasteiger partial charge in [0.05, 0.1) is 11.7 Å². The van der Waals surface area contributed by atoms with Crippen LogP contribution in [-0.4, -0.2) is 18.1 Å². The zero-order chi connectivity index (χ0) is 19.1. The number of carbonyl (C=O) groups is 1. The van der Waals surface area contributed by atoms with Gasteiger partial charge in [0.25, 0.3) is 5.91 Å². The molecule has 4 nitrogen and oxygen atoms in total. The number of rotatable bonds is 7. The molecular formula is C23H29NO3. The summed E-state index contributed by atoms with van der Waals surface area (Å²) in [4.78, 5) is 12.9. The van der Waals surface area contributed by atoms with Crippen molar-refractivity contribution in [3.05, 3.63) is 59.7 Å². The highest BCUT2D eigenvalue weighted by Gasteiger charge is 2.20. The minimum atomic E-state index is -0.0808. The first kappa shape index (κ1) is 19.3. The zero-order valence-electron chi connectivity index (χ0n) is 16.2. The van der Waals surface area contributed by atoms with E-state index in [1.165, 1.54) is 19.3 Å². The summed E-state index contributed by atoms with van der Waals surface area (Å²) < 4.78 is 11.8. The van der Waals surface area contributed by atoms with Crippen molar-refractivity contribution in [2.45, 2.75) is 64.7 Å². The first-order chi connectivity index (χ1) is 13.1. The Morgan fingerprint density at radius 1 is 1.07 bits per heavy atom. The van der Waals surface area contributed by atoms with E-state index in [0.29, 0.717) is 23.7 Å². The monoisotopic (exact) mass is 367 g/mol. The lowest BCUT2D eigenvalue weighted by Crippen LogP contribution is -2.36. The van der Waals surface area contributed by atoms with Gasteiger partial charge in [-0.25, -0.2) is 0 Å². The highest BCUT2D eigenvalue weighted by molar-refractivity contribution is 5.97. The van der Waals surface area contributed by atoms with Crippen molar-refractivity contribution in [3.8, 4) is 11.5 Å². The Hall–Kier alpha value is -2.49. The van der Waals surface area contributed by atoms with E-state index >= 15 is 0 Å². The largest absolute Gasteiger partial charge is 0.490 e. The van der Waals surface area contributed by atoms with Gasteiger partial charge >= 0.3 is 0 Å². The van der Waals surface area contributed by atoms with Gasteiger partial charge < -0.3 is 14.8 Å². The fourth-order valence-electron chi connectivity index (χ4n) is 3.38. The van der Waals surface area contributed by atoms with Crippen molar-refractivity contribution < 1.29 is 14.3 Å². The average molecular weight is 367 g/mol. The van der Waals surface area contributed by atoms with Crippen molar-refractivity contribution in [2.75, 3.05) is 0 Å². The van der Waals surface area contributed by atoms with Crippen LogP contribution in [0.2, 0.25) is 0 Å². The van der Waals surface area contributed by atoms with Gasteiger partial charge in [0, 0.05) is 6.04 Å². The molecule has 0 atom stereocenters. The fraction of sp³-hybridized carbons (Fsp3) is 0.435. The number of benzene rings is 2. The number of carbonyl (C=O) groups excluding carboxylic acids is 1. The lowest BCUT2D eigenvalue weighted by molar-refractivity contribution is 0.0921. The molecule has 0 heterocycles. The molecule has 1 aliphatic carbocycles. The fourth-order valence-corrected chi connectivity index (χ4v) is 3.38. The molecule has 0 unspecified atom stereocenters. The molecule has 0 saturated heterocycles. The maximum Gasteiger partial charge on any atom is 0.255 e. The minimum Gasteiger partial charge on any atom is -0.490 e. The molecule has 0 aliphatic heterocycles. The van der Waals surface area contributed by atoms with E-state index in [4.69, 9.17) is 9.47 Å². The summed E-state index contributed by atoms with van der Waals surface area (Å²) in [7, 11) is 0. The van der Waals surface area contributed by atoms with Crippen LogP contribution >= 0.6 is 0 Å². The topological polar surface area (TPSA) is 47.6 Å². The van der Waals surface area contributed by atoms with Crippen LogP contribution in [0.1, 0.15) is 61.9 Å². The molecule has 0 spiro atoms. The molecular weight excluding hydrogens is 338 g/mol. The number of hydrogen-bond donors (Lipinski definition) is 1. The quantitative estimate of drug-likeness (QED) is 0.739. The Morgan fingerprint density at radius 2 is 1.81 bits per heavy atom. The number of amides is 1. The summed E-state index contributed by atoms with van der Waals surface area (Å²) >= 11 is 0. The third-order valence-corrected chi connectivity index (χ3v) is 4.75. The molecule has 2 aromatic carbocycles. The summed E-state index contributed by atoms with van der Waals surface area (Å²) in [6, 6.07) is 15.7. The maximum atomic E-state index is 12.9. The Morgan fingerprint density at radius 3 is 2.52 bits per heavy atom. The Bertz CT molecular complexity index is 737. The Labute approximate surface area is 161 Å². The summed E-state index contributed by atoms with van der Waals surface area (Å²) in [6.45, 7) is 4.39. The Kier molecular flexibility index (Phi) is 6.74. The van der Waals surface area contributed by atoms with Gasteiger partial charge in [-0.2, -0.15) is 0 Å². The average Bonchev–Trinajstić information content (AvgIpc) is 2.68. The highest BCUT2D eigenvalue weighted by Crippen LogP contribution is 2.27. The van der Waals surface area contributed by atoms with E-state index in [2.05, 4.69) is 5.32 Å². The molecule has 1 N–H and O–H groups in total. The Balaban J connectivity index is 1.74. The zero-order valence-corrected chi connectivity index (χ0v) is 16.2. The van der Waals surface area contributed by atoms with Crippen molar-refractivity contribution in [2.24, 2.45) is 0 Å². The van der Waals surface area contributed by atoms with Gasteiger partial charge in [-0.05, 0) is 50.5 Å². The predicted octanol–water partition coefficient (Wildman–Crippen LogP) is 5.12. The predicted molar refractivity (Wildman–Crippen MR) is 107 cm³/mol. The van der Waals surface area contributed by atoms with E-state index in [1.807, 2.05) is 56.3 Å². The van der Waals surface area contributed by atoms with Crippen LogP contribution in [-0.2, 0) is 6.61 Å². The second-order valence-electron chi connectivity index (χ2n) is 7.41. The van der Waals surface area contributed by atoms with Gasteiger partial charge in [0.15, 0.2) is 0 Å². The molecule has 0 aromatic heterocycles. The molecule has 4 heteroatoms. The summed E-state index contributed by atoms with van der Waals surface area (Å²) in [6.07, 6.45) is 5.73. The lowest BCUT2D eigenvalue weighted by Gasteiger charge is -2.23. The van der Waals surface area contributed by atoms with Gasteiger partial charge in [0.2, 0.25) is 0 Å². The number of ether oxygens (including phenoxy) is 2. The third kappa shape index (κ3) is 5.75. The molecule has 1 aliphatic rings. The first-order valence-electron chi connectivity index (χ1n) is 9.90. The molecule has 0 radical (unpaired) electrons. The van der Waals surface area contributed by atoms with Crippen molar-refractivity contribution in [1.29, 1.82) is 0 Å². The summed E-state index contributed by atoms with van der Waals surface area (Å²) in [5, 5.41) is 3.18. The number of nitrogens with one attached hydrogen (secondary N) is 1. The molecule has 1 saturated carbocycles. The van der Waals surface area contributed by atoms with E-state index in [0.717, 1.165) is 18.4 Å². The van der Waals surface area contributed by atoms with Crippen LogP contribution in [0, 0.1) is 0 Å². The maximum absolute atomic E-state index is 12.9. The van der Waals surface area contributed by atoms with E-state index < -0.39 is 0 Å². The second kappa shape index (κ2) is 9.45. The molecule has 144 valence electrons. The molecule has 2 aromatic rings. The SMILES string of the molecule is CC(C)Oc1ccc(OCc2ccccc2)cc1C(=O)NC1CCCCC1. The molecule has 1 amide bonds. The van der Waals surface area contributed by atoms with Crippen LogP contribution in [0.25, 0.3) is 0 Å². The van der Waals surface area contributed by atoms with Gasteiger partial charge in [-0.15, -0.1) is 0 Å². The normalized spacial score (nSPS) is 14.8. The molecule has 3 rings (SSSR count). The molecule has 27 heavy (non-hydrogen) atoms. The number of hydrogen-bond acceptors (Lipinski definition) is 3. The molecule has 0 bridgehead atoms. The smallest absolute Gasteiger partial charge is 0.255 e. The van der Waals surface area contributed by atoms with E-state index in [1.54, 1.807) is 6.07 Å². The summed E-state index contributed by atoms with van der Waals surface area (Å²) in [5.41, 5.74) is 1.63. The van der Waals surface area contributed by atoms with Crippen LogP contribution in [0.5, 0.6) is 11.5 Å². The standard InChI is InChI=1S/C23H29NO3/c1-17(2)27-22-14-13-20(26-16-18-9-5-3-6-10-18)15-21(22)23(25)24-19-11-7-4-8-12-19/h3,5-6,9-10,13-15,17,19H,4,7-8,11-12,16H2,1-2H3,(H,24,25). The second-order valence-corrected chi connectivity index (χ2v) is 7.41. The highest BCUT2D eigenvalue weighted by atomic mass is 16.5.